The summed E-state index contributed by atoms with van der Waals surface area (Å²) in [7, 11) is 3.13. The van der Waals surface area contributed by atoms with E-state index in [0.717, 1.165) is 0 Å². The van der Waals surface area contributed by atoms with Gasteiger partial charge in [-0.1, -0.05) is 12.1 Å². The van der Waals surface area contributed by atoms with Gasteiger partial charge < -0.3 is 13.9 Å². The number of aromatic nitrogens is 5. The number of benzene rings is 1. The third-order valence-electron chi connectivity index (χ3n) is 6.19. The maximum atomic E-state index is 13.4. The van der Waals surface area contributed by atoms with Crippen LogP contribution in [0.3, 0.4) is 0 Å². The zero-order valence-electron chi connectivity index (χ0n) is 20.1. The van der Waals surface area contributed by atoms with Crippen LogP contribution in [0.2, 0.25) is 0 Å². The quantitative estimate of drug-likeness (QED) is 0.419. The van der Waals surface area contributed by atoms with Crippen LogP contribution in [-0.2, 0) is 20.6 Å². The first-order valence-electron chi connectivity index (χ1n) is 11.5. The number of carbonyl (C=O) groups is 1. The number of halogens is 3. The Balaban J connectivity index is 1.63. The summed E-state index contributed by atoms with van der Waals surface area (Å²) in [6.07, 6.45) is -1.58. The van der Waals surface area contributed by atoms with Gasteiger partial charge >= 0.3 is 6.18 Å². The highest BCUT2D eigenvalue weighted by Crippen LogP contribution is 2.29. The zero-order chi connectivity index (χ0) is 26.3. The molecule has 2 bridgehead atoms. The summed E-state index contributed by atoms with van der Waals surface area (Å²) in [4.78, 5) is 32.0. The fraction of sp³-hybridized carbons (Fsp3) is 0.333. The number of carbonyl (C=O) groups excluding carboxylic acids is 1. The summed E-state index contributed by atoms with van der Waals surface area (Å²) in [5, 5.41) is 6.92. The number of pyridine rings is 1. The molecular weight excluding hydrogens is 491 g/mol. The molecular formula is C24H24F3N7O3. The van der Waals surface area contributed by atoms with Gasteiger partial charge in [-0.25, -0.2) is 9.67 Å². The second-order valence-electron chi connectivity index (χ2n) is 8.82. The van der Waals surface area contributed by atoms with Crippen LogP contribution >= 0.6 is 0 Å². The molecule has 1 aliphatic rings. The van der Waals surface area contributed by atoms with E-state index in [-0.39, 0.29) is 54.8 Å². The van der Waals surface area contributed by atoms with E-state index >= 15 is 0 Å². The molecule has 194 valence electrons. The topological polar surface area (TPSA) is 99.2 Å². The van der Waals surface area contributed by atoms with E-state index in [2.05, 4.69) is 15.4 Å². The van der Waals surface area contributed by atoms with Gasteiger partial charge in [0.05, 0.1) is 40.5 Å². The maximum Gasteiger partial charge on any atom is 0.401 e. The predicted molar refractivity (Wildman–Crippen MR) is 130 cm³/mol. The minimum absolute atomic E-state index is 0.0256. The van der Waals surface area contributed by atoms with Crippen LogP contribution in [0.25, 0.3) is 22.2 Å². The Kier molecular flexibility index (Phi) is 6.23. The van der Waals surface area contributed by atoms with Crippen molar-refractivity contribution in [3.05, 3.63) is 58.6 Å². The SMILES string of the molecule is Cn1ncc2c1OCCN(CC(F)(F)F)CCn1c(nc3ccccc31)NC(=O)c1cc-2c(=O)n(C)c1. The van der Waals surface area contributed by atoms with E-state index in [1.165, 1.54) is 39.7 Å². The number of alkyl halides is 3. The first-order chi connectivity index (χ1) is 17.6. The van der Waals surface area contributed by atoms with Crippen LogP contribution in [0.4, 0.5) is 19.1 Å². The third kappa shape index (κ3) is 4.94. The summed E-state index contributed by atoms with van der Waals surface area (Å²) in [5.41, 5.74) is 1.58. The molecule has 10 nitrogen and oxygen atoms in total. The number of anilines is 1. The Hall–Kier alpha value is -4.13. The summed E-state index contributed by atoms with van der Waals surface area (Å²) in [5.74, 6) is -0.112. The summed E-state index contributed by atoms with van der Waals surface area (Å²) < 4.78 is 50.3. The van der Waals surface area contributed by atoms with Gasteiger partial charge in [0.1, 0.15) is 6.61 Å². The molecule has 1 amide bonds. The summed E-state index contributed by atoms with van der Waals surface area (Å²) in [6.45, 7) is -1.07. The lowest BCUT2D eigenvalue weighted by Gasteiger charge is -2.24. The average molecular weight is 515 g/mol. The van der Waals surface area contributed by atoms with Crippen molar-refractivity contribution in [1.29, 1.82) is 0 Å². The predicted octanol–water partition coefficient (Wildman–Crippen LogP) is 2.64. The van der Waals surface area contributed by atoms with Gasteiger partial charge in [-0.05, 0) is 18.2 Å². The molecule has 13 heteroatoms. The van der Waals surface area contributed by atoms with Crippen LogP contribution in [-0.4, -0.2) is 67.1 Å². The molecule has 3 aromatic heterocycles. The van der Waals surface area contributed by atoms with Crippen molar-refractivity contribution in [3.63, 3.8) is 0 Å². The summed E-state index contributed by atoms with van der Waals surface area (Å²) >= 11 is 0. The van der Waals surface area contributed by atoms with E-state index in [1.807, 2.05) is 0 Å². The molecule has 1 aliphatic heterocycles. The normalized spacial score (nSPS) is 15.3. The van der Waals surface area contributed by atoms with Crippen LogP contribution < -0.4 is 15.6 Å². The number of hydrogen-bond donors (Lipinski definition) is 1. The fourth-order valence-electron chi connectivity index (χ4n) is 4.42. The van der Waals surface area contributed by atoms with Gasteiger partial charge in [0.15, 0.2) is 0 Å². The Morgan fingerprint density at radius 3 is 2.65 bits per heavy atom. The molecule has 0 atom stereocenters. The molecule has 0 fully saturated rings. The number of nitrogens with one attached hydrogen (secondary N) is 1. The average Bonchev–Trinajstić information content (AvgIpc) is 3.37. The smallest absolute Gasteiger partial charge is 0.401 e. The number of para-hydroxylation sites is 2. The third-order valence-corrected chi connectivity index (χ3v) is 6.19. The van der Waals surface area contributed by atoms with Gasteiger partial charge in [-0.15, -0.1) is 0 Å². The van der Waals surface area contributed by atoms with Crippen molar-refractivity contribution >= 4 is 22.9 Å². The van der Waals surface area contributed by atoms with Crippen molar-refractivity contribution in [2.45, 2.75) is 12.7 Å². The standard InChI is InChI=1S/C24H24F3N7O3/c1-31-13-15-11-16(21(31)36)17-12-28-32(2)22(17)37-10-9-33(14-24(25,26)27)7-8-34-19-6-4-3-5-18(19)29-23(34)30-20(15)35/h3-6,11-13H,7-10,14H2,1-2H3,(H,29,30,35). The number of ether oxygens (including phenoxy) is 1. The molecule has 0 unspecified atom stereocenters. The molecule has 0 spiro atoms. The number of imidazole rings is 1. The van der Waals surface area contributed by atoms with Gasteiger partial charge in [0, 0.05) is 39.9 Å². The van der Waals surface area contributed by atoms with Gasteiger partial charge in [-0.3, -0.25) is 19.8 Å². The molecule has 4 aromatic rings. The lowest BCUT2D eigenvalue weighted by molar-refractivity contribution is -0.146. The second-order valence-corrected chi connectivity index (χ2v) is 8.82. The molecule has 0 saturated carbocycles. The summed E-state index contributed by atoms with van der Waals surface area (Å²) in [6, 6.07) is 8.58. The molecule has 37 heavy (non-hydrogen) atoms. The number of hydrogen-bond acceptors (Lipinski definition) is 6. The highest BCUT2D eigenvalue weighted by Gasteiger charge is 2.31. The van der Waals surface area contributed by atoms with E-state index in [1.54, 1.807) is 35.9 Å². The van der Waals surface area contributed by atoms with Crippen LogP contribution in [0.5, 0.6) is 5.88 Å². The number of rotatable bonds is 1. The van der Waals surface area contributed by atoms with E-state index < -0.39 is 18.6 Å². The van der Waals surface area contributed by atoms with E-state index in [9.17, 15) is 22.8 Å². The van der Waals surface area contributed by atoms with E-state index in [0.29, 0.717) is 16.6 Å². The van der Waals surface area contributed by atoms with Gasteiger partial charge in [0.2, 0.25) is 11.8 Å². The zero-order valence-corrected chi connectivity index (χ0v) is 20.1. The highest BCUT2D eigenvalue weighted by atomic mass is 19.4. The Morgan fingerprint density at radius 1 is 1.08 bits per heavy atom. The lowest BCUT2D eigenvalue weighted by atomic mass is 10.1. The van der Waals surface area contributed by atoms with Crippen molar-refractivity contribution in [3.8, 4) is 17.0 Å². The largest absolute Gasteiger partial charge is 0.476 e. The molecule has 0 radical (unpaired) electrons. The molecule has 1 aromatic carbocycles. The monoisotopic (exact) mass is 515 g/mol. The second kappa shape index (κ2) is 9.39. The van der Waals surface area contributed by atoms with Crippen LogP contribution in [0.15, 0.2) is 47.5 Å². The Labute approximate surface area is 208 Å². The molecule has 0 saturated heterocycles. The molecule has 5 rings (SSSR count). The van der Waals surface area contributed by atoms with Crippen molar-refractivity contribution in [1.82, 2.24) is 28.8 Å². The molecule has 4 heterocycles. The first kappa shape index (κ1) is 24.6. The van der Waals surface area contributed by atoms with Crippen molar-refractivity contribution in [2.24, 2.45) is 14.1 Å². The Bertz CT molecular complexity index is 1540. The van der Waals surface area contributed by atoms with Crippen LogP contribution in [0.1, 0.15) is 10.4 Å². The van der Waals surface area contributed by atoms with E-state index in [4.69, 9.17) is 4.74 Å². The molecule has 0 aliphatic carbocycles. The minimum Gasteiger partial charge on any atom is -0.476 e. The highest BCUT2D eigenvalue weighted by molar-refractivity contribution is 6.04. The van der Waals surface area contributed by atoms with Crippen molar-refractivity contribution < 1.29 is 22.7 Å². The number of amides is 1. The van der Waals surface area contributed by atoms with Crippen LogP contribution in [0, 0.1) is 0 Å². The van der Waals surface area contributed by atoms with Gasteiger partial charge in [-0.2, -0.15) is 18.3 Å². The first-order valence-corrected chi connectivity index (χ1v) is 11.5. The maximum absolute atomic E-state index is 13.4. The number of aryl methyl sites for hydroxylation is 2. The van der Waals surface area contributed by atoms with Crippen molar-refractivity contribution in [2.75, 3.05) is 31.6 Å². The number of fused-ring (bicyclic) bond motifs is 7. The fourth-order valence-corrected chi connectivity index (χ4v) is 4.42. The molecule has 1 N–H and O–H groups in total. The lowest BCUT2D eigenvalue weighted by Crippen LogP contribution is -2.39. The van der Waals surface area contributed by atoms with Gasteiger partial charge in [0.25, 0.3) is 11.5 Å². The number of nitrogens with zero attached hydrogens (tertiary/aromatic N) is 6. The Morgan fingerprint density at radius 2 is 1.86 bits per heavy atom. The minimum atomic E-state index is -4.42.